The zero-order chi connectivity index (χ0) is 16.7. The molecule has 2 amide bonds. The molecule has 0 saturated heterocycles. The van der Waals surface area contributed by atoms with Gasteiger partial charge in [0, 0.05) is 13.0 Å². The molecule has 0 aliphatic rings. The molecule has 5 nitrogen and oxygen atoms in total. The van der Waals surface area contributed by atoms with Gasteiger partial charge in [0.25, 0.3) is 0 Å². The van der Waals surface area contributed by atoms with Crippen LogP contribution in [0.5, 0.6) is 0 Å². The van der Waals surface area contributed by atoms with E-state index in [4.69, 9.17) is 0 Å². The average Bonchev–Trinajstić information content (AvgIpc) is 2.93. The maximum Gasteiger partial charge on any atom is 0.315 e. The molecule has 1 atom stereocenters. The Morgan fingerprint density at radius 3 is 2.83 bits per heavy atom. The van der Waals surface area contributed by atoms with Crippen molar-refractivity contribution in [2.24, 2.45) is 5.92 Å². The summed E-state index contributed by atoms with van der Waals surface area (Å²) in [5.41, 5.74) is 1.04. The van der Waals surface area contributed by atoms with Crippen molar-refractivity contribution in [1.82, 2.24) is 15.6 Å². The Bertz CT molecular complexity index is 594. The molecule has 0 aliphatic heterocycles. The largest absolute Gasteiger partial charge is 0.394 e. The van der Waals surface area contributed by atoms with Crippen molar-refractivity contribution in [2.45, 2.75) is 39.2 Å². The quantitative estimate of drug-likeness (QED) is 0.649. The SMILES string of the molecule is CC(C)CC(CO)NC(=O)NCCCc1nc2ccccc2s1. The van der Waals surface area contributed by atoms with Crippen molar-refractivity contribution >= 4 is 27.6 Å². The van der Waals surface area contributed by atoms with Gasteiger partial charge < -0.3 is 15.7 Å². The second-order valence-corrected chi connectivity index (χ2v) is 7.20. The number of nitrogens with zero attached hydrogens (tertiary/aromatic N) is 1. The van der Waals surface area contributed by atoms with E-state index in [1.807, 2.05) is 18.2 Å². The van der Waals surface area contributed by atoms with E-state index in [9.17, 15) is 9.90 Å². The van der Waals surface area contributed by atoms with Crippen molar-refractivity contribution in [2.75, 3.05) is 13.2 Å². The lowest BCUT2D eigenvalue weighted by Gasteiger charge is -2.18. The van der Waals surface area contributed by atoms with Crippen molar-refractivity contribution in [3.8, 4) is 0 Å². The van der Waals surface area contributed by atoms with Gasteiger partial charge in [0.2, 0.25) is 0 Å². The molecule has 1 heterocycles. The van der Waals surface area contributed by atoms with Gasteiger partial charge in [-0.3, -0.25) is 0 Å². The summed E-state index contributed by atoms with van der Waals surface area (Å²) in [6.45, 7) is 4.71. The molecule has 0 aliphatic carbocycles. The minimum atomic E-state index is -0.214. The number of carbonyl (C=O) groups is 1. The molecule has 6 heteroatoms. The lowest BCUT2D eigenvalue weighted by Crippen LogP contribution is -2.44. The minimum absolute atomic E-state index is 0.0305. The fourth-order valence-electron chi connectivity index (χ4n) is 2.45. The van der Waals surface area contributed by atoms with Crippen LogP contribution in [0, 0.1) is 5.92 Å². The highest BCUT2D eigenvalue weighted by Crippen LogP contribution is 2.22. The van der Waals surface area contributed by atoms with Crippen LogP contribution in [0.1, 0.15) is 31.7 Å². The Morgan fingerprint density at radius 1 is 1.35 bits per heavy atom. The van der Waals surface area contributed by atoms with Crippen LogP contribution in [0.4, 0.5) is 4.79 Å². The standard InChI is InChI=1S/C17H25N3O2S/c1-12(2)10-13(11-21)19-17(22)18-9-5-8-16-20-14-6-3-4-7-15(14)23-16/h3-4,6-7,12-13,21H,5,8-11H2,1-2H3,(H2,18,19,22). The molecule has 0 saturated carbocycles. The predicted molar refractivity (Wildman–Crippen MR) is 94.8 cm³/mol. The molecule has 126 valence electrons. The lowest BCUT2D eigenvalue weighted by molar-refractivity contribution is 0.207. The average molecular weight is 335 g/mol. The monoisotopic (exact) mass is 335 g/mol. The van der Waals surface area contributed by atoms with Gasteiger partial charge in [-0.05, 0) is 30.9 Å². The van der Waals surface area contributed by atoms with Gasteiger partial charge in [0.05, 0.1) is 27.9 Å². The predicted octanol–water partition coefficient (Wildman–Crippen LogP) is 2.94. The topological polar surface area (TPSA) is 74.2 Å². The normalized spacial score (nSPS) is 12.5. The van der Waals surface area contributed by atoms with Gasteiger partial charge in [0.1, 0.15) is 0 Å². The summed E-state index contributed by atoms with van der Waals surface area (Å²) in [4.78, 5) is 16.4. The number of urea groups is 1. The Kier molecular flexibility index (Phi) is 6.80. The first-order valence-electron chi connectivity index (χ1n) is 8.08. The van der Waals surface area contributed by atoms with Crippen LogP contribution < -0.4 is 10.6 Å². The number of aliphatic hydroxyl groups is 1. The number of fused-ring (bicyclic) bond motifs is 1. The van der Waals surface area contributed by atoms with Gasteiger partial charge in [-0.1, -0.05) is 26.0 Å². The molecule has 1 aromatic heterocycles. The first kappa shape index (κ1) is 17.7. The number of hydrogen-bond donors (Lipinski definition) is 3. The number of para-hydroxylation sites is 1. The number of carbonyl (C=O) groups excluding carboxylic acids is 1. The molecule has 1 aromatic carbocycles. The number of hydrogen-bond acceptors (Lipinski definition) is 4. The van der Waals surface area contributed by atoms with E-state index in [1.54, 1.807) is 11.3 Å². The minimum Gasteiger partial charge on any atom is -0.394 e. The van der Waals surface area contributed by atoms with Gasteiger partial charge in [0.15, 0.2) is 0 Å². The van der Waals surface area contributed by atoms with Crippen molar-refractivity contribution in [1.29, 1.82) is 0 Å². The second kappa shape index (κ2) is 8.84. The highest BCUT2D eigenvalue weighted by atomic mass is 32.1. The van der Waals surface area contributed by atoms with Crippen LogP contribution in [-0.2, 0) is 6.42 Å². The van der Waals surface area contributed by atoms with E-state index in [1.165, 1.54) is 4.70 Å². The van der Waals surface area contributed by atoms with E-state index < -0.39 is 0 Å². The Labute approximate surface area is 141 Å². The van der Waals surface area contributed by atoms with E-state index in [2.05, 4.69) is 35.5 Å². The van der Waals surface area contributed by atoms with E-state index in [-0.39, 0.29) is 18.7 Å². The lowest BCUT2D eigenvalue weighted by atomic mass is 10.0. The third-order valence-corrected chi connectivity index (χ3v) is 4.60. The summed E-state index contributed by atoms with van der Waals surface area (Å²) in [5, 5.41) is 16.0. The van der Waals surface area contributed by atoms with Crippen molar-refractivity contribution in [3.63, 3.8) is 0 Å². The van der Waals surface area contributed by atoms with Crippen LogP contribution in [0.2, 0.25) is 0 Å². The van der Waals surface area contributed by atoms with Gasteiger partial charge in [-0.15, -0.1) is 11.3 Å². The molecule has 3 N–H and O–H groups in total. The van der Waals surface area contributed by atoms with Gasteiger partial charge in [-0.2, -0.15) is 0 Å². The van der Waals surface area contributed by atoms with Gasteiger partial charge in [-0.25, -0.2) is 9.78 Å². The summed E-state index contributed by atoms with van der Waals surface area (Å²) in [6.07, 6.45) is 2.48. The van der Waals surface area contributed by atoms with E-state index in [0.29, 0.717) is 12.5 Å². The zero-order valence-electron chi connectivity index (χ0n) is 13.7. The van der Waals surface area contributed by atoms with Crippen LogP contribution in [-0.4, -0.2) is 35.3 Å². The number of rotatable bonds is 8. The van der Waals surface area contributed by atoms with Crippen molar-refractivity contribution in [3.05, 3.63) is 29.3 Å². The Balaban J connectivity index is 1.69. The summed E-state index contributed by atoms with van der Waals surface area (Å²) < 4.78 is 1.20. The molecule has 0 bridgehead atoms. The molecular formula is C17H25N3O2S. The maximum absolute atomic E-state index is 11.8. The first-order chi connectivity index (χ1) is 11.1. The maximum atomic E-state index is 11.8. The van der Waals surface area contributed by atoms with Gasteiger partial charge >= 0.3 is 6.03 Å². The fourth-order valence-corrected chi connectivity index (χ4v) is 3.46. The highest BCUT2D eigenvalue weighted by Gasteiger charge is 2.12. The molecule has 2 rings (SSSR count). The summed E-state index contributed by atoms with van der Waals surface area (Å²) in [7, 11) is 0. The number of nitrogens with one attached hydrogen (secondary N) is 2. The molecule has 23 heavy (non-hydrogen) atoms. The fraction of sp³-hybridized carbons (Fsp3) is 0.529. The summed E-state index contributed by atoms with van der Waals surface area (Å²) in [6, 6.07) is 7.71. The second-order valence-electron chi connectivity index (χ2n) is 6.09. The number of benzene rings is 1. The molecule has 0 radical (unpaired) electrons. The zero-order valence-corrected chi connectivity index (χ0v) is 14.5. The van der Waals surface area contributed by atoms with Crippen LogP contribution >= 0.6 is 11.3 Å². The van der Waals surface area contributed by atoms with Crippen molar-refractivity contribution < 1.29 is 9.90 Å². The summed E-state index contributed by atoms with van der Waals surface area (Å²) >= 11 is 1.70. The van der Waals surface area contributed by atoms with Crippen LogP contribution in [0.3, 0.4) is 0 Å². The number of thiazole rings is 1. The Morgan fingerprint density at radius 2 is 2.13 bits per heavy atom. The molecule has 2 aromatic rings. The number of aromatic nitrogens is 1. The highest BCUT2D eigenvalue weighted by molar-refractivity contribution is 7.18. The molecule has 1 unspecified atom stereocenters. The smallest absolute Gasteiger partial charge is 0.315 e. The summed E-state index contributed by atoms with van der Waals surface area (Å²) in [5.74, 6) is 0.437. The number of amides is 2. The molecular weight excluding hydrogens is 310 g/mol. The number of aliphatic hydroxyl groups excluding tert-OH is 1. The van der Waals surface area contributed by atoms with Crippen LogP contribution in [0.15, 0.2) is 24.3 Å². The van der Waals surface area contributed by atoms with E-state index >= 15 is 0 Å². The molecule has 0 fully saturated rings. The Hall–Kier alpha value is -1.66. The first-order valence-corrected chi connectivity index (χ1v) is 8.89. The van der Waals surface area contributed by atoms with Crippen LogP contribution in [0.25, 0.3) is 10.2 Å². The van der Waals surface area contributed by atoms with E-state index in [0.717, 1.165) is 29.8 Å². The number of aryl methyl sites for hydroxylation is 1. The molecule has 0 spiro atoms. The third-order valence-electron chi connectivity index (χ3n) is 3.50. The third kappa shape index (κ3) is 5.80.